The zero-order valence-electron chi connectivity index (χ0n) is 13.9. The number of urea groups is 1. The van der Waals surface area contributed by atoms with Gasteiger partial charge in [-0.1, -0.05) is 30.3 Å². The van der Waals surface area contributed by atoms with Gasteiger partial charge in [-0.05, 0) is 38.2 Å². The molecule has 0 spiro atoms. The minimum Gasteiger partial charge on any atom is -0.343 e. The molecule has 0 aromatic heterocycles. The molecule has 1 unspecified atom stereocenters. The first-order chi connectivity index (χ1) is 11.1. The SMILES string of the molecule is CC(CCc1ccccc1)NC(=O)NCCC(=O)N1CCCC1. The maximum atomic E-state index is 11.9. The molecular weight excluding hydrogens is 290 g/mol. The van der Waals surface area contributed by atoms with E-state index in [4.69, 9.17) is 0 Å². The molecule has 2 rings (SSSR count). The largest absolute Gasteiger partial charge is 0.343 e. The van der Waals surface area contributed by atoms with Gasteiger partial charge in [-0.15, -0.1) is 0 Å². The highest BCUT2D eigenvalue weighted by atomic mass is 16.2. The van der Waals surface area contributed by atoms with Crippen molar-refractivity contribution in [2.45, 2.75) is 45.1 Å². The van der Waals surface area contributed by atoms with Crippen molar-refractivity contribution in [3.8, 4) is 0 Å². The molecule has 1 aliphatic rings. The van der Waals surface area contributed by atoms with Gasteiger partial charge in [0.05, 0.1) is 0 Å². The molecule has 2 N–H and O–H groups in total. The van der Waals surface area contributed by atoms with Crippen molar-refractivity contribution in [2.24, 2.45) is 0 Å². The summed E-state index contributed by atoms with van der Waals surface area (Å²) in [6.07, 6.45) is 4.41. The number of nitrogens with zero attached hydrogens (tertiary/aromatic N) is 1. The number of benzene rings is 1. The van der Waals surface area contributed by atoms with Crippen molar-refractivity contribution in [1.29, 1.82) is 0 Å². The minimum absolute atomic E-state index is 0.101. The Labute approximate surface area is 138 Å². The number of hydrogen-bond acceptors (Lipinski definition) is 2. The van der Waals surface area contributed by atoms with Crippen LogP contribution in [0.5, 0.6) is 0 Å². The van der Waals surface area contributed by atoms with Gasteiger partial charge in [-0.25, -0.2) is 4.79 Å². The summed E-state index contributed by atoms with van der Waals surface area (Å²) in [6, 6.07) is 10.1. The van der Waals surface area contributed by atoms with E-state index in [9.17, 15) is 9.59 Å². The summed E-state index contributed by atoms with van der Waals surface area (Å²) in [4.78, 5) is 25.6. The molecule has 5 nitrogen and oxygen atoms in total. The monoisotopic (exact) mass is 317 g/mol. The number of aryl methyl sites for hydroxylation is 1. The summed E-state index contributed by atoms with van der Waals surface area (Å²) >= 11 is 0. The first-order valence-corrected chi connectivity index (χ1v) is 8.51. The standard InChI is InChI=1S/C18H27N3O2/c1-15(9-10-16-7-3-2-4-8-16)20-18(23)19-12-11-17(22)21-13-5-6-14-21/h2-4,7-8,15H,5-6,9-14H2,1H3,(H2,19,20,23). The molecule has 1 fully saturated rings. The third kappa shape index (κ3) is 6.30. The van der Waals surface area contributed by atoms with Gasteiger partial charge in [-0.2, -0.15) is 0 Å². The molecule has 0 radical (unpaired) electrons. The van der Waals surface area contributed by atoms with E-state index in [1.54, 1.807) is 0 Å². The fraction of sp³-hybridized carbons (Fsp3) is 0.556. The topological polar surface area (TPSA) is 61.4 Å². The lowest BCUT2D eigenvalue weighted by molar-refractivity contribution is -0.129. The van der Waals surface area contributed by atoms with Crippen molar-refractivity contribution in [3.63, 3.8) is 0 Å². The zero-order chi connectivity index (χ0) is 16.5. The third-order valence-electron chi connectivity index (χ3n) is 4.17. The second-order valence-electron chi connectivity index (χ2n) is 6.16. The van der Waals surface area contributed by atoms with Crippen LogP contribution in [0.4, 0.5) is 4.79 Å². The molecule has 3 amide bonds. The van der Waals surface area contributed by atoms with Crippen molar-refractivity contribution >= 4 is 11.9 Å². The highest BCUT2D eigenvalue weighted by Crippen LogP contribution is 2.08. The van der Waals surface area contributed by atoms with Crippen LogP contribution in [0, 0.1) is 0 Å². The molecule has 1 aromatic rings. The normalized spacial score (nSPS) is 15.3. The van der Waals surface area contributed by atoms with Crippen molar-refractivity contribution in [2.75, 3.05) is 19.6 Å². The summed E-state index contributed by atoms with van der Waals surface area (Å²) in [5.41, 5.74) is 1.28. The average molecular weight is 317 g/mol. The van der Waals surface area contributed by atoms with Crippen LogP contribution < -0.4 is 10.6 Å². The number of carbonyl (C=O) groups excluding carboxylic acids is 2. The van der Waals surface area contributed by atoms with Crippen molar-refractivity contribution < 1.29 is 9.59 Å². The molecule has 23 heavy (non-hydrogen) atoms. The number of carbonyl (C=O) groups is 2. The van der Waals surface area contributed by atoms with Crippen LogP contribution in [-0.2, 0) is 11.2 Å². The second-order valence-corrected chi connectivity index (χ2v) is 6.16. The molecule has 0 aliphatic carbocycles. The van der Waals surface area contributed by atoms with Gasteiger partial charge >= 0.3 is 6.03 Å². The highest BCUT2D eigenvalue weighted by Gasteiger charge is 2.17. The summed E-state index contributed by atoms with van der Waals surface area (Å²) in [5.74, 6) is 0.139. The third-order valence-corrected chi connectivity index (χ3v) is 4.17. The summed E-state index contributed by atoms with van der Waals surface area (Å²) in [7, 11) is 0. The number of hydrogen-bond donors (Lipinski definition) is 2. The molecular formula is C18H27N3O2. The first kappa shape index (κ1) is 17.3. The smallest absolute Gasteiger partial charge is 0.315 e. The van der Waals surface area contributed by atoms with Crippen LogP contribution in [0.2, 0.25) is 0 Å². The van der Waals surface area contributed by atoms with E-state index >= 15 is 0 Å². The van der Waals surface area contributed by atoms with Crippen LogP contribution in [0.1, 0.15) is 38.2 Å². The Balaban J connectivity index is 1.57. The van der Waals surface area contributed by atoms with Gasteiger partial charge in [0.2, 0.25) is 5.91 Å². The lowest BCUT2D eigenvalue weighted by Crippen LogP contribution is -2.42. The van der Waals surface area contributed by atoms with Gasteiger partial charge in [0.25, 0.3) is 0 Å². The number of nitrogens with one attached hydrogen (secondary N) is 2. The Bertz CT molecular complexity index is 498. The summed E-state index contributed by atoms with van der Waals surface area (Å²) in [6.45, 7) is 4.12. The van der Waals surface area contributed by atoms with Crippen LogP contribution in [0.3, 0.4) is 0 Å². The summed E-state index contributed by atoms with van der Waals surface area (Å²) < 4.78 is 0. The van der Waals surface area contributed by atoms with E-state index in [1.165, 1.54) is 5.56 Å². The number of rotatable bonds is 7. The quantitative estimate of drug-likeness (QED) is 0.811. The molecule has 1 aliphatic heterocycles. The van der Waals surface area contributed by atoms with Crippen LogP contribution in [0.15, 0.2) is 30.3 Å². The molecule has 1 heterocycles. The lowest BCUT2D eigenvalue weighted by atomic mass is 10.1. The number of likely N-dealkylation sites (tertiary alicyclic amines) is 1. The predicted octanol–water partition coefficient (Wildman–Crippen LogP) is 2.32. The molecule has 0 bridgehead atoms. The van der Waals surface area contributed by atoms with Crippen LogP contribution >= 0.6 is 0 Å². The van der Waals surface area contributed by atoms with Crippen molar-refractivity contribution in [3.05, 3.63) is 35.9 Å². The minimum atomic E-state index is -0.195. The van der Waals surface area contributed by atoms with E-state index in [2.05, 4.69) is 22.8 Å². The van der Waals surface area contributed by atoms with E-state index in [1.807, 2.05) is 30.0 Å². The van der Waals surface area contributed by atoms with E-state index in [0.717, 1.165) is 38.8 Å². The van der Waals surface area contributed by atoms with Crippen LogP contribution in [-0.4, -0.2) is 42.5 Å². The summed E-state index contributed by atoms with van der Waals surface area (Å²) in [5, 5.41) is 5.69. The Morgan fingerprint density at radius 1 is 1.17 bits per heavy atom. The molecule has 126 valence electrons. The molecule has 1 saturated heterocycles. The molecule has 1 aromatic carbocycles. The fourth-order valence-electron chi connectivity index (χ4n) is 2.78. The van der Waals surface area contributed by atoms with Gasteiger partial charge < -0.3 is 15.5 Å². The Morgan fingerprint density at radius 3 is 2.57 bits per heavy atom. The van der Waals surface area contributed by atoms with Gasteiger partial charge in [-0.3, -0.25) is 4.79 Å². The predicted molar refractivity (Wildman–Crippen MR) is 91.2 cm³/mol. The van der Waals surface area contributed by atoms with Crippen LogP contribution in [0.25, 0.3) is 0 Å². The van der Waals surface area contributed by atoms with E-state index in [0.29, 0.717) is 13.0 Å². The fourth-order valence-corrected chi connectivity index (χ4v) is 2.78. The Kier molecular flexibility index (Phi) is 6.91. The zero-order valence-corrected chi connectivity index (χ0v) is 13.9. The van der Waals surface area contributed by atoms with E-state index in [-0.39, 0.29) is 18.0 Å². The molecule has 1 atom stereocenters. The Morgan fingerprint density at radius 2 is 1.87 bits per heavy atom. The maximum absolute atomic E-state index is 11.9. The second kappa shape index (κ2) is 9.18. The lowest BCUT2D eigenvalue weighted by Gasteiger charge is -2.17. The van der Waals surface area contributed by atoms with Gasteiger partial charge in [0, 0.05) is 32.1 Å². The first-order valence-electron chi connectivity index (χ1n) is 8.51. The van der Waals surface area contributed by atoms with Gasteiger partial charge in [0.1, 0.15) is 0 Å². The highest BCUT2D eigenvalue weighted by molar-refractivity contribution is 5.78. The van der Waals surface area contributed by atoms with Gasteiger partial charge in [0.15, 0.2) is 0 Å². The Hall–Kier alpha value is -2.04. The average Bonchev–Trinajstić information content (AvgIpc) is 3.08. The number of amides is 3. The van der Waals surface area contributed by atoms with E-state index < -0.39 is 0 Å². The molecule has 5 heteroatoms. The molecule has 0 saturated carbocycles. The maximum Gasteiger partial charge on any atom is 0.315 e. The van der Waals surface area contributed by atoms with Crippen molar-refractivity contribution in [1.82, 2.24) is 15.5 Å².